The highest BCUT2D eigenvalue weighted by atomic mass is 79.9. The van der Waals surface area contributed by atoms with E-state index in [1.54, 1.807) is 0 Å². The van der Waals surface area contributed by atoms with Crippen molar-refractivity contribution in [3.8, 4) is 0 Å². The highest BCUT2D eigenvalue weighted by molar-refractivity contribution is 9.10. The molecule has 0 aliphatic heterocycles. The maximum absolute atomic E-state index is 12.2. The minimum atomic E-state index is -0.403. The van der Waals surface area contributed by atoms with E-state index < -0.39 is 5.82 Å². The first-order valence-electron chi connectivity index (χ1n) is 1.97. The lowest BCUT2D eigenvalue weighted by Gasteiger charge is -1.85. The number of nitrogens with zero attached hydrogens (tertiary/aromatic N) is 1. The first-order valence-corrected chi connectivity index (χ1v) is 2.76. The van der Waals surface area contributed by atoms with Crippen molar-refractivity contribution in [1.82, 2.24) is 4.98 Å². The van der Waals surface area contributed by atoms with E-state index in [0.717, 1.165) is 0 Å². The van der Waals surface area contributed by atoms with Crippen molar-refractivity contribution in [2.45, 2.75) is 0 Å². The van der Waals surface area contributed by atoms with Crippen molar-refractivity contribution in [3.63, 3.8) is 0 Å². The van der Waals surface area contributed by atoms with Gasteiger partial charge in [-0.15, -0.1) is 0 Å². The van der Waals surface area contributed by atoms with E-state index in [1.165, 1.54) is 12.4 Å². The molecular weight excluding hydrogens is 173 g/mol. The molecule has 0 saturated carbocycles. The number of hydrogen-bond donors (Lipinski definition) is 0. The first kappa shape index (κ1) is 5.69. The molecule has 0 fully saturated rings. The molecule has 8 heavy (non-hydrogen) atoms. The van der Waals surface area contributed by atoms with Crippen LogP contribution in [0.2, 0.25) is 0 Å². The maximum atomic E-state index is 12.2. The molecule has 0 aliphatic carbocycles. The maximum Gasteiger partial charge on any atom is 0.148 e. The average Bonchev–Trinajstić information content (AvgIpc) is 1.77. The zero-order chi connectivity index (χ0) is 5.98. The van der Waals surface area contributed by atoms with Crippen LogP contribution in [0, 0.1) is 11.9 Å². The summed E-state index contributed by atoms with van der Waals surface area (Å²) < 4.78 is 12.5. The molecule has 0 aromatic carbocycles. The van der Waals surface area contributed by atoms with Gasteiger partial charge in [0.2, 0.25) is 0 Å². The van der Waals surface area contributed by atoms with Gasteiger partial charge in [-0.2, -0.15) is 0 Å². The molecule has 1 nitrogen and oxygen atoms in total. The fourth-order valence-electron chi connectivity index (χ4n) is 0.322. The lowest BCUT2D eigenvalue weighted by atomic mass is 10.5. The monoisotopic (exact) mass is 174 g/mol. The second kappa shape index (κ2) is 2.22. The highest BCUT2D eigenvalue weighted by Gasteiger charge is 1.92. The summed E-state index contributed by atoms with van der Waals surface area (Å²) >= 11 is 2.93. The number of halogens is 2. The van der Waals surface area contributed by atoms with Crippen LogP contribution in [0.1, 0.15) is 0 Å². The van der Waals surface area contributed by atoms with Gasteiger partial charge in [0.05, 0.1) is 4.47 Å². The number of aromatic nitrogens is 1. The Labute approximate surface area is 54.7 Å². The molecular formula is C5H2BrFN. The SMILES string of the molecule is Fc1[c]cncc1Br. The summed E-state index contributed by atoms with van der Waals surface area (Å²) in [5.41, 5.74) is 0. The smallest absolute Gasteiger partial charge is 0.148 e. The van der Waals surface area contributed by atoms with E-state index in [1.807, 2.05) is 0 Å². The lowest BCUT2D eigenvalue weighted by Crippen LogP contribution is -1.76. The molecule has 0 unspecified atom stereocenters. The Bertz CT molecular complexity index is 169. The molecule has 0 saturated heterocycles. The quantitative estimate of drug-likeness (QED) is 0.585. The molecule has 1 heterocycles. The zero-order valence-electron chi connectivity index (χ0n) is 3.86. The van der Waals surface area contributed by atoms with Gasteiger partial charge in [-0.3, -0.25) is 4.98 Å². The van der Waals surface area contributed by atoms with Crippen molar-refractivity contribution >= 4 is 15.9 Å². The topological polar surface area (TPSA) is 12.9 Å². The minimum absolute atomic E-state index is 0.347. The summed E-state index contributed by atoms with van der Waals surface area (Å²) in [6, 6.07) is 2.27. The van der Waals surface area contributed by atoms with Gasteiger partial charge in [-0.05, 0) is 15.9 Å². The molecule has 3 heteroatoms. The van der Waals surface area contributed by atoms with Crippen molar-refractivity contribution in [1.29, 1.82) is 0 Å². The van der Waals surface area contributed by atoms with E-state index in [0.29, 0.717) is 4.47 Å². The standard InChI is InChI=1S/C5H2BrFN/c6-4-3-8-2-1-5(4)7/h2-3H. The van der Waals surface area contributed by atoms with Crippen molar-refractivity contribution in [2.75, 3.05) is 0 Å². The molecule has 0 N–H and O–H groups in total. The van der Waals surface area contributed by atoms with Gasteiger partial charge in [0.1, 0.15) is 5.82 Å². The number of pyridine rings is 1. The molecule has 0 aliphatic rings. The molecule has 1 radical (unpaired) electrons. The van der Waals surface area contributed by atoms with Crippen LogP contribution in [0.5, 0.6) is 0 Å². The van der Waals surface area contributed by atoms with E-state index in [4.69, 9.17) is 0 Å². The molecule has 0 bridgehead atoms. The van der Waals surface area contributed by atoms with Gasteiger partial charge in [0.15, 0.2) is 0 Å². The molecule has 1 rings (SSSR count). The summed E-state index contributed by atoms with van der Waals surface area (Å²) in [7, 11) is 0. The summed E-state index contributed by atoms with van der Waals surface area (Å²) in [4.78, 5) is 3.60. The van der Waals surface area contributed by atoms with Gasteiger partial charge < -0.3 is 0 Å². The molecule has 0 atom stereocenters. The van der Waals surface area contributed by atoms with Gasteiger partial charge >= 0.3 is 0 Å². The predicted molar refractivity (Wildman–Crippen MR) is 30.7 cm³/mol. The second-order valence-corrected chi connectivity index (χ2v) is 2.07. The van der Waals surface area contributed by atoms with Gasteiger partial charge in [0, 0.05) is 18.5 Å². The van der Waals surface area contributed by atoms with Crippen LogP contribution in [0.3, 0.4) is 0 Å². The van der Waals surface area contributed by atoms with E-state index in [2.05, 4.69) is 27.0 Å². The zero-order valence-corrected chi connectivity index (χ0v) is 5.44. The van der Waals surface area contributed by atoms with Gasteiger partial charge in [0.25, 0.3) is 0 Å². The Morgan fingerprint density at radius 3 is 2.88 bits per heavy atom. The Balaban J connectivity index is 3.13. The Morgan fingerprint density at radius 2 is 2.50 bits per heavy atom. The molecule has 1 aromatic heterocycles. The third-order valence-corrected chi connectivity index (χ3v) is 1.22. The van der Waals surface area contributed by atoms with E-state index in [9.17, 15) is 4.39 Å². The first-order chi connectivity index (χ1) is 3.80. The van der Waals surface area contributed by atoms with Crippen LogP contribution in [-0.2, 0) is 0 Å². The molecule has 1 aromatic rings. The van der Waals surface area contributed by atoms with Crippen LogP contribution >= 0.6 is 15.9 Å². The molecule has 0 spiro atoms. The predicted octanol–water partition coefficient (Wildman–Crippen LogP) is 1.78. The van der Waals surface area contributed by atoms with E-state index in [-0.39, 0.29) is 0 Å². The van der Waals surface area contributed by atoms with Gasteiger partial charge in [-0.25, -0.2) is 4.39 Å². The Hall–Kier alpha value is -0.440. The minimum Gasteiger partial charge on any atom is -0.263 e. The lowest BCUT2D eigenvalue weighted by molar-refractivity contribution is 0.616. The second-order valence-electron chi connectivity index (χ2n) is 1.21. The fraction of sp³-hybridized carbons (Fsp3) is 0. The number of rotatable bonds is 0. The molecule has 41 valence electrons. The third kappa shape index (κ3) is 1.04. The summed E-state index contributed by atoms with van der Waals surface area (Å²) in [5.74, 6) is -0.403. The molecule has 0 amide bonds. The summed E-state index contributed by atoms with van der Waals surface area (Å²) in [5, 5.41) is 0. The van der Waals surface area contributed by atoms with Crippen LogP contribution < -0.4 is 0 Å². The average molecular weight is 175 g/mol. The summed E-state index contributed by atoms with van der Waals surface area (Å²) in [6.07, 6.45) is 2.66. The van der Waals surface area contributed by atoms with Crippen molar-refractivity contribution in [3.05, 3.63) is 28.7 Å². The third-order valence-electron chi connectivity index (χ3n) is 0.663. The van der Waals surface area contributed by atoms with E-state index >= 15 is 0 Å². The largest absolute Gasteiger partial charge is 0.263 e. The Morgan fingerprint density at radius 1 is 1.75 bits per heavy atom. The van der Waals surface area contributed by atoms with Crippen molar-refractivity contribution < 1.29 is 4.39 Å². The van der Waals surface area contributed by atoms with Crippen molar-refractivity contribution in [2.24, 2.45) is 0 Å². The number of hydrogen-bond acceptors (Lipinski definition) is 1. The van der Waals surface area contributed by atoms with Crippen LogP contribution in [-0.4, -0.2) is 4.98 Å². The Kier molecular flexibility index (Phi) is 1.58. The summed E-state index contributed by atoms with van der Waals surface area (Å²) in [6.45, 7) is 0. The normalized spacial score (nSPS) is 9.25. The highest BCUT2D eigenvalue weighted by Crippen LogP contribution is 2.10. The van der Waals surface area contributed by atoms with Crippen LogP contribution in [0.25, 0.3) is 0 Å². The van der Waals surface area contributed by atoms with Gasteiger partial charge in [-0.1, -0.05) is 0 Å². The van der Waals surface area contributed by atoms with Crippen LogP contribution in [0.4, 0.5) is 4.39 Å². The van der Waals surface area contributed by atoms with Crippen LogP contribution in [0.15, 0.2) is 16.9 Å². The fourth-order valence-corrected chi connectivity index (χ4v) is 0.555.